The molecule has 0 radical (unpaired) electrons. The maximum Gasteiger partial charge on any atom is 0.226 e. The first kappa shape index (κ1) is 15.1. The highest BCUT2D eigenvalue weighted by Gasteiger charge is 2.24. The fraction of sp³-hybridized carbons (Fsp3) is 0.500. The van der Waals surface area contributed by atoms with Gasteiger partial charge >= 0.3 is 0 Å². The number of benzene rings is 1. The quantitative estimate of drug-likeness (QED) is 0.905. The molecule has 1 heterocycles. The Hall–Kier alpha value is -1.33. The summed E-state index contributed by atoms with van der Waals surface area (Å²) in [6.07, 6.45) is 1.25. The number of halogens is 2. The number of carbonyl (C=O) groups is 1. The van der Waals surface area contributed by atoms with Gasteiger partial charge in [0.15, 0.2) is 0 Å². The molecule has 0 aliphatic carbocycles. The van der Waals surface area contributed by atoms with Gasteiger partial charge < -0.3 is 15.4 Å². The number of ether oxygens (including phenoxy) is 1. The molecule has 1 fully saturated rings. The van der Waals surface area contributed by atoms with Gasteiger partial charge in [0.25, 0.3) is 0 Å². The number of nitrogens with zero attached hydrogens (tertiary/aromatic N) is 1. The average molecular weight is 301 g/mol. The van der Waals surface area contributed by atoms with Crippen LogP contribution >= 0.6 is 11.6 Å². The monoisotopic (exact) mass is 300 g/mol. The molecule has 110 valence electrons. The van der Waals surface area contributed by atoms with E-state index >= 15 is 0 Å². The lowest BCUT2D eigenvalue weighted by Crippen LogP contribution is -2.30. The van der Waals surface area contributed by atoms with Crippen molar-refractivity contribution in [3.63, 3.8) is 0 Å². The fourth-order valence-electron chi connectivity index (χ4n) is 2.25. The van der Waals surface area contributed by atoms with Crippen LogP contribution in [0.4, 0.5) is 4.39 Å². The van der Waals surface area contributed by atoms with Crippen molar-refractivity contribution in [2.45, 2.75) is 12.8 Å². The minimum absolute atomic E-state index is 0.0548. The van der Waals surface area contributed by atoms with E-state index in [1.807, 2.05) is 4.90 Å². The van der Waals surface area contributed by atoms with E-state index in [9.17, 15) is 9.18 Å². The van der Waals surface area contributed by atoms with Crippen molar-refractivity contribution in [3.8, 4) is 5.75 Å². The summed E-state index contributed by atoms with van der Waals surface area (Å²) in [5.41, 5.74) is 5.59. The number of likely N-dealkylation sites (tertiary alicyclic amines) is 1. The van der Waals surface area contributed by atoms with Crippen molar-refractivity contribution in [2.75, 3.05) is 26.2 Å². The molecule has 2 rings (SSSR count). The van der Waals surface area contributed by atoms with Crippen LogP contribution in [0.1, 0.15) is 12.8 Å². The molecule has 1 saturated heterocycles. The Bertz CT molecular complexity index is 484. The highest BCUT2D eigenvalue weighted by atomic mass is 35.5. The highest BCUT2D eigenvalue weighted by Crippen LogP contribution is 2.25. The third-order valence-electron chi connectivity index (χ3n) is 3.44. The van der Waals surface area contributed by atoms with Crippen molar-refractivity contribution >= 4 is 17.5 Å². The molecule has 0 unspecified atom stereocenters. The number of rotatable bonds is 5. The smallest absolute Gasteiger partial charge is 0.226 e. The van der Waals surface area contributed by atoms with Crippen molar-refractivity contribution in [3.05, 3.63) is 29.0 Å². The van der Waals surface area contributed by atoms with Gasteiger partial charge in [-0.3, -0.25) is 4.79 Å². The van der Waals surface area contributed by atoms with Gasteiger partial charge in [0.05, 0.1) is 18.1 Å². The summed E-state index contributed by atoms with van der Waals surface area (Å²) in [5.74, 6) is 0.441. The zero-order valence-electron chi connectivity index (χ0n) is 11.1. The Balaban J connectivity index is 1.77. The first-order valence-electron chi connectivity index (χ1n) is 6.66. The van der Waals surface area contributed by atoms with Gasteiger partial charge in [0.1, 0.15) is 11.6 Å². The van der Waals surface area contributed by atoms with Gasteiger partial charge in [0, 0.05) is 13.1 Å². The molecule has 0 bridgehead atoms. The Labute approximate surface area is 122 Å². The molecule has 1 aliphatic rings. The van der Waals surface area contributed by atoms with Crippen molar-refractivity contribution in [1.29, 1.82) is 0 Å². The molecule has 6 heteroatoms. The van der Waals surface area contributed by atoms with E-state index in [4.69, 9.17) is 22.1 Å². The Morgan fingerprint density at radius 2 is 2.35 bits per heavy atom. The standard InChI is InChI=1S/C14H18ClFN2O2/c15-12-7-11(16)1-2-13(12)20-6-4-14(19)18-5-3-10(8-17)9-18/h1-2,7,10H,3-6,8-9,17H2/t10-/m0/s1. The largest absolute Gasteiger partial charge is 0.491 e. The molecule has 4 nitrogen and oxygen atoms in total. The molecular weight excluding hydrogens is 283 g/mol. The van der Waals surface area contributed by atoms with Crippen LogP contribution in [0.3, 0.4) is 0 Å². The summed E-state index contributed by atoms with van der Waals surface area (Å²) < 4.78 is 18.3. The van der Waals surface area contributed by atoms with Gasteiger partial charge in [-0.05, 0) is 37.1 Å². The maximum absolute atomic E-state index is 12.9. The van der Waals surface area contributed by atoms with Crippen molar-refractivity contribution in [2.24, 2.45) is 11.7 Å². The molecule has 20 heavy (non-hydrogen) atoms. The SMILES string of the molecule is NC[C@@H]1CCN(C(=O)CCOc2ccc(F)cc2Cl)C1. The number of nitrogens with two attached hydrogens (primary N) is 1. The summed E-state index contributed by atoms with van der Waals surface area (Å²) in [6, 6.07) is 3.92. The third kappa shape index (κ3) is 3.84. The van der Waals surface area contributed by atoms with Crippen LogP contribution in [0, 0.1) is 11.7 Å². The number of carbonyl (C=O) groups excluding carboxylic acids is 1. The zero-order chi connectivity index (χ0) is 14.5. The predicted octanol–water partition coefficient (Wildman–Crippen LogP) is 2.06. The lowest BCUT2D eigenvalue weighted by atomic mass is 10.1. The topological polar surface area (TPSA) is 55.6 Å². The third-order valence-corrected chi connectivity index (χ3v) is 3.73. The summed E-state index contributed by atoms with van der Waals surface area (Å²) >= 11 is 5.84. The molecule has 1 aliphatic heterocycles. The van der Waals surface area contributed by atoms with Gasteiger partial charge in [0.2, 0.25) is 5.91 Å². The normalized spacial score (nSPS) is 18.4. The lowest BCUT2D eigenvalue weighted by molar-refractivity contribution is -0.130. The average Bonchev–Trinajstić information content (AvgIpc) is 2.90. The molecule has 1 atom stereocenters. The van der Waals surface area contributed by atoms with E-state index in [0.29, 0.717) is 18.2 Å². The molecular formula is C14H18ClFN2O2. The summed E-state index contributed by atoms with van der Waals surface area (Å²) in [6.45, 7) is 2.34. The van der Waals surface area contributed by atoms with Crippen molar-refractivity contribution < 1.29 is 13.9 Å². The Morgan fingerprint density at radius 1 is 1.55 bits per heavy atom. The molecule has 1 aromatic rings. The van der Waals surface area contributed by atoms with Crippen molar-refractivity contribution in [1.82, 2.24) is 4.90 Å². The van der Waals surface area contributed by atoms with Crippen LogP contribution in [0.2, 0.25) is 5.02 Å². The zero-order valence-corrected chi connectivity index (χ0v) is 11.9. The fourth-order valence-corrected chi connectivity index (χ4v) is 2.47. The van der Waals surface area contributed by atoms with Gasteiger partial charge in [-0.15, -0.1) is 0 Å². The molecule has 0 aromatic heterocycles. The van der Waals surface area contributed by atoms with E-state index in [-0.39, 0.29) is 24.0 Å². The summed E-state index contributed by atoms with van der Waals surface area (Å²) in [4.78, 5) is 13.8. The van der Waals surface area contributed by atoms with Gasteiger partial charge in [-0.25, -0.2) is 4.39 Å². The van der Waals surface area contributed by atoms with Crippen LogP contribution in [-0.2, 0) is 4.79 Å². The van der Waals surface area contributed by atoms with E-state index in [0.717, 1.165) is 19.5 Å². The first-order valence-corrected chi connectivity index (χ1v) is 7.03. The van der Waals surface area contributed by atoms with Crippen LogP contribution in [0.25, 0.3) is 0 Å². The molecule has 0 saturated carbocycles. The number of hydrogen-bond donors (Lipinski definition) is 1. The molecule has 2 N–H and O–H groups in total. The predicted molar refractivity (Wildman–Crippen MR) is 75.3 cm³/mol. The second kappa shape index (κ2) is 6.90. The Morgan fingerprint density at radius 3 is 3.00 bits per heavy atom. The Kier molecular flexibility index (Phi) is 5.20. The molecule has 0 spiro atoms. The van der Waals surface area contributed by atoms with Gasteiger partial charge in [-0.1, -0.05) is 11.6 Å². The van der Waals surface area contributed by atoms with Crippen LogP contribution in [0.5, 0.6) is 5.75 Å². The van der Waals surface area contributed by atoms with Crippen LogP contribution < -0.4 is 10.5 Å². The second-order valence-electron chi connectivity index (χ2n) is 4.90. The first-order chi connectivity index (χ1) is 9.60. The van der Waals surface area contributed by atoms with E-state index in [2.05, 4.69) is 0 Å². The summed E-state index contributed by atoms with van der Waals surface area (Å²) in [5, 5.41) is 0.210. The van der Waals surface area contributed by atoms with Gasteiger partial charge in [-0.2, -0.15) is 0 Å². The summed E-state index contributed by atoms with van der Waals surface area (Å²) in [7, 11) is 0. The minimum atomic E-state index is -0.414. The number of amides is 1. The molecule has 1 aromatic carbocycles. The maximum atomic E-state index is 12.9. The van der Waals surface area contributed by atoms with Crippen LogP contribution in [0.15, 0.2) is 18.2 Å². The highest BCUT2D eigenvalue weighted by molar-refractivity contribution is 6.32. The number of hydrogen-bond acceptors (Lipinski definition) is 3. The molecule has 1 amide bonds. The van der Waals surface area contributed by atoms with E-state index in [1.165, 1.54) is 18.2 Å². The van der Waals surface area contributed by atoms with E-state index < -0.39 is 5.82 Å². The van der Waals surface area contributed by atoms with Crippen LogP contribution in [-0.4, -0.2) is 37.0 Å². The second-order valence-corrected chi connectivity index (χ2v) is 5.31. The van der Waals surface area contributed by atoms with E-state index in [1.54, 1.807) is 0 Å². The lowest BCUT2D eigenvalue weighted by Gasteiger charge is -2.16. The minimum Gasteiger partial charge on any atom is -0.491 e.